The van der Waals surface area contributed by atoms with E-state index in [9.17, 15) is 14.4 Å². The summed E-state index contributed by atoms with van der Waals surface area (Å²) in [6.07, 6.45) is 0.866. The van der Waals surface area contributed by atoms with E-state index in [1.165, 1.54) is 13.8 Å². The van der Waals surface area contributed by atoms with Crippen molar-refractivity contribution < 1.29 is 23.9 Å². The minimum absolute atomic E-state index is 0.0528. The van der Waals surface area contributed by atoms with E-state index in [1.54, 1.807) is 12.1 Å². The molecule has 0 spiro atoms. The van der Waals surface area contributed by atoms with Gasteiger partial charge in [-0.3, -0.25) is 4.79 Å². The lowest BCUT2D eigenvalue weighted by Gasteiger charge is -2.20. The number of hydrogen-bond donors (Lipinski definition) is 0. The number of ketones is 1. The van der Waals surface area contributed by atoms with E-state index in [-0.39, 0.29) is 31.8 Å². The molecule has 0 aliphatic heterocycles. The molecule has 0 aliphatic rings. The maximum absolute atomic E-state index is 11.9. The predicted molar refractivity (Wildman–Crippen MR) is 77.0 cm³/mol. The van der Waals surface area contributed by atoms with Crippen LogP contribution in [0, 0.1) is 5.41 Å². The number of carbonyl (C=O) groups is 3. The molecule has 1 rings (SSSR count). The van der Waals surface area contributed by atoms with E-state index >= 15 is 0 Å². The predicted octanol–water partition coefficient (Wildman–Crippen LogP) is 2.18. The van der Waals surface area contributed by atoms with Gasteiger partial charge in [0, 0.05) is 6.42 Å². The molecule has 5 heteroatoms. The Morgan fingerprint density at radius 2 is 1.86 bits per heavy atom. The van der Waals surface area contributed by atoms with Gasteiger partial charge in [-0.15, -0.1) is 0 Å². The van der Waals surface area contributed by atoms with Crippen LogP contribution in [0.2, 0.25) is 0 Å². The lowest BCUT2D eigenvalue weighted by Crippen LogP contribution is -2.33. The van der Waals surface area contributed by atoms with Gasteiger partial charge in [-0.25, -0.2) is 0 Å². The largest absolute Gasteiger partial charge is 0.490 e. The van der Waals surface area contributed by atoms with Gasteiger partial charge in [0.05, 0.1) is 0 Å². The van der Waals surface area contributed by atoms with Crippen molar-refractivity contribution in [2.24, 2.45) is 5.41 Å². The van der Waals surface area contributed by atoms with Crippen molar-refractivity contribution in [2.45, 2.75) is 26.7 Å². The van der Waals surface area contributed by atoms with E-state index < -0.39 is 11.4 Å². The molecule has 1 atom stereocenters. The van der Waals surface area contributed by atoms with Crippen LogP contribution >= 0.6 is 0 Å². The van der Waals surface area contributed by atoms with Gasteiger partial charge >= 0.3 is 5.97 Å². The van der Waals surface area contributed by atoms with E-state index in [0.717, 1.165) is 0 Å². The Kier molecular flexibility index (Phi) is 6.59. The second-order valence-electron chi connectivity index (χ2n) is 5.03. The molecule has 5 nitrogen and oxygen atoms in total. The molecule has 0 amide bonds. The monoisotopic (exact) mass is 292 g/mol. The van der Waals surface area contributed by atoms with Crippen LogP contribution in [0.5, 0.6) is 5.75 Å². The maximum Gasteiger partial charge on any atom is 0.319 e. The summed E-state index contributed by atoms with van der Waals surface area (Å²) in [7, 11) is 0. The van der Waals surface area contributed by atoms with Crippen LogP contribution in [0.25, 0.3) is 0 Å². The van der Waals surface area contributed by atoms with Gasteiger partial charge in [-0.05, 0) is 32.4 Å². The summed E-state index contributed by atoms with van der Waals surface area (Å²) in [5, 5.41) is 0. The molecule has 1 aromatic rings. The maximum atomic E-state index is 11.9. The molecule has 0 saturated carbocycles. The second-order valence-corrected chi connectivity index (χ2v) is 5.03. The van der Waals surface area contributed by atoms with Crippen LogP contribution in [0.1, 0.15) is 26.7 Å². The molecule has 0 N–H and O–H groups in total. The number of rotatable bonds is 9. The van der Waals surface area contributed by atoms with E-state index in [4.69, 9.17) is 9.47 Å². The molecule has 0 saturated heterocycles. The van der Waals surface area contributed by atoms with Crippen molar-refractivity contribution in [2.75, 3.05) is 13.2 Å². The minimum Gasteiger partial charge on any atom is -0.490 e. The molecule has 0 radical (unpaired) electrons. The van der Waals surface area contributed by atoms with Crippen molar-refractivity contribution in [3.05, 3.63) is 30.3 Å². The van der Waals surface area contributed by atoms with Gasteiger partial charge in [0.15, 0.2) is 0 Å². The zero-order valence-electron chi connectivity index (χ0n) is 12.3. The van der Waals surface area contributed by atoms with Crippen LogP contribution in [-0.4, -0.2) is 31.3 Å². The average Bonchev–Trinajstić information content (AvgIpc) is 2.50. The fourth-order valence-electron chi connectivity index (χ4n) is 1.62. The Bertz CT molecular complexity index is 483. The number of esters is 1. The Morgan fingerprint density at radius 1 is 1.19 bits per heavy atom. The first-order chi connectivity index (χ1) is 9.98. The molecule has 114 valence electrons. The highest BCUT2D eigenvalue weighted by Gasteiger charge is 2.34. The highest BCUT2D eigenvalue weighted by Crippen LogP contribution is 2.22. The number of aldehydes is 1. The lowest BCUT2D eigenvalue weighted by atomic mass is 9.86. The zero-order valence-corrected chi connectivity index (χ0v) is 12.3. The first-order valence-corrected chi connectivity index (χ1v) is 6.79. The van der Waals surface area contributed by atoms with Gasteiger partial charge in [-0.1, -0.05) is 18.2 Å². The van der Waals surface area contributed by atoms with Crippen LogP contribution in [-0.2, 0) is 19.1 Å². The van der Waals surface area contributed by atoms with Gasteiger partial charge in [0.2, 0.25) is 0 Å². The minimum atomic E-state index is -1.28. The first-order valence-electron chi connectivity index (χ1n) is 6.79. The molecular formula is C16H20O5. The summed E-state index contributed by atoms with van der Waals surface area (Å²) in [6, 6.07) is 9.14. The molecule has 1 unspecified atom stereocenters. The van der Waals surface area contributed by atoms with Gasteiger partial charge in [0.25, 0.3) is 0 Å². The lowest BCUT2D eigenvalue weighted by molar-refractivity contribution is -0.157. The number of carbonyl (C=O) groups excluding carboxylic acids is 3. The summed E-state index contributed by atoms with van der Waals surface area (Å²) < 4.78 is 10.4. The van der Waals surface area contributed by atoms with Crippen molar-refractivity contribution in [1.29, 1.82) is 0 Å². The topological polar surface area (TPSA) is 69.7 Å². The summed E-state index contributed by atoms with van der Waals surface area (Å²) in [6.45, 7) is 3.15. The summed E-state index contributed by atoms with van der Waals surface area (Å²) >= 11 is 0. The highest BCUT2D eigenvalue weighted by atomic mass is 16.6. The molecule has 1 aromatic carbocycles. The van der Waals surface area contributed by atoms with Crippen LogP contribution in [0.15, 0.2) is 30.3 Å². The summed E-state index contributed by atoms with van der Waals surface area (Å²) in [4.78, 5) is 33.9. The normalized spacial score (nSPS) is 13.0. The molecule has 0 bridgehead atoms. The molecule has 0 aromatic heterocycles. The average molecular weight is 292 g/mol. The Balaban J connectivity index is 2.37. The summed E-state index contributed by atoms with van der Waals surface area (Å²) in [5.74, 6) is -0.0121. The van der Waals surface area contributed by atoms with Gasteiger partial charge in [-0.2, -0.15) is 0 Å². The molecule has 0 aliphatic carbocycles. The van der Waals surface area contributed by atoms with Crippen molar-refractivity contribution >= 4 is 18.0 Å². The third kappa shape index (κ3) is 5.77. The second kappa shape index (κ2) is 8.19. The van der Waals surface area contributed by atoms with Crippen molar-refractivity contribution in [3.8, 4) is 5.75 Å². The number of hydrogen-bond acceptors (Lipinski definition) is 5. The summed E-state index contributed by atoms with van der Waals surface area (Å²) in [5.41, 5.74) is -1.28. The SMILES string of the molecule is CC(=O)CCC(C)(C=O)C(=O)OCCOc1ccccc1. The van der Waals surface area contributed by atoms with E-state index in [2.05, 4.69) is 0 Å². The third-order valence-corrected chi connectivity index (χ3v) is 3.05. The molecular weight excluding hydrogens is 272 g/mol. The third-order valence-electron chi connectivity index (χ3n) is 3.05. The van der Waals surface area contributed by atoms with Crippen LogP contribution in [0.4, 0.5) is 0 Å². The first kappa shape index (κ1) is 16.9. The molecule has 21 heavy (non-hydrogen) atoms. The van der Waals surface area contributed by atoms with Crippen molar-refractivity contribution in [3.63, 3.8) is 0 Å². The zero-order chi connectivity index (χ0) is 15.7. The molecule has 0 heterocycles. The smallest absolute Gasteiger partial charge is 0.319 e. The quantitative estimate of drug-likeness (QED) is 0.302. The molecule has 0 fully saturated rings. The fraction of sp³-hybridized carbons (Fsp3) is 0.438. The number of benzene rings is 1. The number of para-hydroxylation sites is 1. The number of Topliss-reactive ketones (excluding diaryl/α,β-unsaturated/α-hetero) is 1. The highest BCUT2D eigenvalue weighted by molar-refractivity contribution is 5.93. The van der Waals surface area contributed by atoms with Crippen molar-refractivity contribution in [1.82, 2.24) is 0 Å². The van der Waals surface area contributed by atoms with Gasteiger partial charge in [0.1, 0.15) is 36.4 Å². The van der Waals surface area contributed by atoms with E-state index in [0.29, 0.717) is 12.0 Å². The Labute approximate surface area is 124 Å². The fourth-order valence-corrected chi connectivity index (χ4v) is 1.62. The van der Waals surface area contributed by atoms with Crippen LogP contribution < -0.4 is 4.74 Å². The standard InChI is InChI=1S/C16H20O5/c1-13(18)8-9-16(2,12-17)15(19)21-11-10-20-14-6-4-3-5-7-14/h3-7,12H,8-11H2,1-2H3. The van der Waals surface area contributed by atoms with E-state index in [1.807, 2.05) is 18.2 Å². The Hall–Kier alpha value is -2.17. The van der Waals surface area contributed by atoms with Gasteiger partial charge < -0.3 is 19.1 Å². The Morgan fingerprint density at radius 3 is 2.43 bits per heavy atom. The number of ether oxygens (including phenoxy) is 2. The van der Waals surface area contributed by atoms with Crippen LogP contribution in [0.3, 0.4) is 0 Å².